The van der Waals surface area contributed by atoms with Gasteiger partial charge in [-0.3, -0.25) is 4.79 Å². The van der Waals surface area contributed by atoms with E-state index in [1.807, 2.05) is 0 Å². The van der Waals surface area contributed by atoms with Crippen molar-refractivity contribution in [3.8, 4) is 0 Å². The van der Waals surface area contributed by atoms with Crippen LogP contribution in [0.4, 0.5) is 0 Å². The molecule has 0 radical (unpaired) electrons. The number of carbonyl (C=O) groups excluding carboxylic acids is 1. The third-order valence-corrected chi connectivity index (χ3v) is 2.13. The van der Waals surface area contributed by atoms with E-state index in [2.05, 4.69) is 0 Å². The fourth-order valence-electron chi connectivity index (χ4n) is 1.21. The molecule has 1 atom stereocenters. The second-order valence-electron chi connectivity index (χ2n) is 3.08. The number of ether oxygens (including phenoxy) is 1. The van der Waals surface area contributed by atoms with Gasteiger partial charge < -0.3 is 9.84 Å². The highest BCUT2D eigenvalue weighted by Crippen LogP contribution is 2.20. The van der Waals surface area contributed by atoms with Crippen LogP contribution < -0.4 is 0 Å². The second kappa shape index (κ2) is 5.73. The highest BCUT2D eigenvalue weighted by molar-refractivity contribution is 6.30. The Hall–Kier alpha value is -1.06. The van der Waals surface area contributed by atoms with E-state index in [0.717, 1.165) is 0 Å². The molecule has 3 nitrogen and oxygen atoms in total. The predicted molar refractivity (Wildman–Crippen MR) is 57.7 cm³/mol. The third-order valence-electron chi connectivity index (χ3n) is 1.90. The first-order valence-electron chi connectivity index (χ1n) is 4.72. The van der Waals surface area contributed by atoms with Crippen LogP contribution in [0.5, 0.6) is 0 Å². The van der Waals surface area contributed by atoms with Crippen molar-refractivity contribution >= 4 is 17.6 Å². The first kappa shape index (κ1) is 12.0. The maximum Gasteiger partial charge on any atom is 0.308 e. The number of aliphatic hydroxyl groups is 1. The summed E-state index contributed by atoms with van der Waals surface area (Å²) in [6.07, 6.45) is -0.906. The van der Waals surface area contributed by atoms with Gasteiger partial charge in [0.15, 0.2) is 0 Å². The molecule has 1 aromatic rings. The van der Waals surface area contributed by atoms with Gasteiger partial charge in [0.2, 0.25) is 0 Å². The average molecular weight is 229 g/mol. The summed E-state index contributed by atoms with van der Waals surface area (Å²) >= 11 is 5.76. The van der Waals surface area contributed by atoms with Crippen LogP contribution in [-0.2, 0) is 9.53 Å². The third kappa shape index (κ3) is 3.90. The fourth-order valence-corrected chi connectivity index (χ4v) is 1.41. The Balaban J connectivity index is 2.60. The van der Waals surface area contributed by atoms with Gasteiger partial charge in [-0.2, -0.15) is 0 Å². The molecule has 0 amide bonds. The molecule has 82 valence electrons. The minimum absolute atomic E-state index is 0.0474. The van der Waals surface area contributed by atoms with Crippen molar-refractivity contribution in [1.82, 2.24) is 0 Å². The molecule has 0 aromatic heterocycles. The maximum atomic E-state index is 11.1. The van der Waals surface area contributed by atoms with E-state index >= 15 is 0 Å². The SMILES string of the molecule is CCOC(=O)C[C@H](O)c1cccc(Cl)c1. The van der Waals surface area contributed by atoms with Crippen LogP contribution in [-0.4, -0.2) is 17.7 Å². The zero-order valence-electron chi connectivity index (χ0n) is 8.44. The van der Waals surface area contributed by atoms with Gasteiger partial charge in [-0.25, -0.2) is 0 Å². The van der Waals surface area contributed by atoms with E-state index in [1.54, 1.807) is 31.2 Å². The molecule has 0 unspecified atom stereocenters. The summed E-state index contributed by atoms with van der Waals surface area (Å²) in [7, 11) is 0. The molecule has 4 heteroatoms. The minimum atomic E-state index is -0.859. The summed E-state index contributed by atoms with van der Waals surface area (Å²) in [5, 5.41) is 10.2. The zero-order chi connectivity index (χ0) is 11.3. The highest BCUT2D eigenvalue weighted by atomic mass is 35.5. The van der Waals surface area contributed by atoms with Gasteiger partial charge in [0.1, 0.15) is 0 Å². The normalized spacial score (nSPS) is 12.2. The lowest BCUT2D eigenvalue weighted by molar-refractivity contribution is -0.145. The molecule has 0 bridgehead atoms. The molecule has 0 aliphatic heterocycles. The van der Waals surface area contributed by atoms with Gasteiger partial charge in [-0.1, -0.05) is 23.7 Å². The average Bonchev–Trinajstić information content (AvgIpc) is 2.18. The molecule has 0 heterocycles. The maximum absolute atomic E-state index is 11.1. The van der Waals surface area contributed by atoms with E-state index in [9.17, 15) is 9.90 Å². The topological polar surface area (TPSA) is 46.5 Å². The van der Waals surface area contributed by atoms with Crippen molar-refractivity contribution in [2.75, 3.05) is 6.61 Å². The number of hydrogen-bond acceptors (Lipinski definition) is 3. The Morgan fingerprint density at radius 3 is 2.93 bits per heavy atom. The van der Waals surface area contributed by atoms with Crippen molar-refractivity contribution < 1.29 is 14.6 Å². The van der Waals surface area contributed by atoms with Crippen LogP contribution in [0.1, 0.15) is 25.0 Å². The van der Waals surface area contributed by atoms with Crippen molar-refractivity contribution in [1.29, 1.82) is 0 Å². The van der Waals surface area contributed by atoms with Gasteiger partial charge in [0.25, 0.3) is 0 Å². The van der Waals surface area contributed by atoms with Gasteiger partial charge >= 0.3 is 5.97 Å². The van der Waals surface area contributed by atoms with Crippen LogP contribution in [0.15, 0.2) is 24.3 Å². The van der Waals surface area contributed by atoms with Crippen LogP contribution in [0.25, 0.3) is 0 Å². The lowest BCUT2D eigenvalue weighted by atomic mass is 10.1. The zero-order valence-corrected chi connectivity index (χ0v) is 9.20. The largest absolute Gasteiger partial charge is 0.466 e. The van der Waals surface area contributed by atoms with Crippen molar-refractivity contribution in [3.63, 3.8) is 0 Å². The summed E-state index contributed by atoms with van der Waals surface area (Å²) in [5.41, 5.74) is 0.621. The first-order chi connectivity index (χ1) is 7.13. The van der Waals surface area contributed by atoms with E-state index in [0.29, 0.717) is 17.2 Å². The Bertz CT molecular complexity index is 338. The Kier molecular flexibility index (Phi) is 4.59. The summed E-state index contributed by atoms with van der Waals surface area (Å²) in [4.78, 5) is 11.1. The molecular formula is C11H13ClO3. The van der Waals surface area contributed by atoms with Gasteiger partial charge in [0, 0.05) is 5.02 Å². The quantitative estimate of drug-likeness (QED) is 0.805. The molecule has 0 fully saturated rings. The fraction of sp³-hybridized carbons (Fsp3) is 0.364. The minimum Gasteiger partial charge on any atom is -0.466 e. The molecule has 0 saturated heterocycles. The number of carbonyl (C=O) groups is 1. The number of aliphatic hydroxyl groups excluding tert-OH is 1. The summed E-state index contributed by atoms with van der Waals surface area (Å²) in [6.45, 7) is 2.05. The van der Waals surface area contributed by atoms with Crippen LogP contribution in [0.2, 0.25) is 5.02 Å². The molecular weight excluding hydrogens is 216 g/mol. The number of hydrogen-bond donors (Lipinski definition) is 1. The molecule has 0 saturated carbocycles. The predicted octanol–water partition coefficient (Wildman–Crippen LogP) is 2.33. The number of rotatable bonds is 4. The van der Waals surface area contributed by atoms with Crippen LogP contribution in [0.3, 0.4) is 0 Å². The molecule has 15 heavy (non-hydrogen) atoms. The molecule has 0 aliphatic carbocycles. The Labute approximate surface area is 93.6 Å². The monoisotopic (exact) mass is 228 g/mol. The lowest BCUT2D eigenvalue weighted by Crippen LogP contribution is -2.09. The summed E-state index contributed by atoms with van der Waals surface area (Å²) < 4.78 is 4.73. The first-order valence-corrected chi connectivity index (χ1v) is 5.10. The van der Waals surface area contributed by atoms with Crippen LogP contribution in [0, 0.1) is 0 Å². The van der Waals surface area contributed by atoms with Gasteiger partial charge in [-0.15, -0.1) is 0 Å². The standard InChI is InChI=1S/C11H13ClO3/c1-2-15-11(14)7-10(13)8-4-3-5-9(12)6-8/h3-6,10,13H,2,7H2,1H3/t10-/m0/s1. The molecule has 0 spiro atoms. The lowest BCUT2D eigenvalue weighted by Gasteiger charge is -2.10. The van der Waals surface area contributed by atoms with E-state index in [4.69, 9.17) is 16.3 Å². The molecule has 1 N–H and O–H groups in total. The van der Waals surface area contributed by atoms with Gasteiger partial charge in [0.05, 0.1) is 19.1 Å². The Morgan fingerprint density at radius 2 is 2.33 bits per heavy atom. The van der Waals surface area contributed by atoms with Crippen LogP contribution >= 0.6 is 11.6 Å². The number of esters is 1. The molecule has 0 aliphatic rings. The van der Waals surface area contributed by atoms with E-state index < -0.39 is 12.1 Å². The van der Waals surface area contributed by atoms with Crippen molar-refractivity contribution in [2.45, 2.75) is 19.4 Å². The van der Waals surface area contributed by atoms with Gasteiger partial charge in [-0.05, 0) is 24.6 Å². The smallest absolute Gasteiger partial charge is 0.308 e. The molecule has 1 aromatic carbocycles. The summed E-state index contributed by atoms with van der Waals surface area (Å²) in [6, 6.07) is 6.79. The van der Waals surface area contributed by atoms with Crippen molar-refractivity contribution in [2.24, 2.45) is 0 Å². The Morgan fingerprint density at radius 1 is 1.60 bits per heavy atom. The number of benzene rings is 1. The second-order valence-corrected chi connectivity index (χ2v) is 3.52. The molecule has 1 rings (SSSR count). The van der Waals surface area contributed by atoms with Crippen molar-refractivity contribution in [3.05, 3.63) is 34.9 Å². The highest BCUT2D eigenvalue weighted by Gasteiger charge is 2.13. The summed E-state index contributed by atoms with van der Waals surface area (Å²) in [5.74, 6) is -0.412. The van der Waals surface area contributed by atoms with E-state index in [-0.39, 0.29) is 6.42 Å². The number of halogens is 1. The van der Waals surface area contributed by atoms with E-state index in [1.165, 1.54) is 0 Å².